The van der Waals surface area contributed by atoms with Crippen LogP contribution in [0.3, 0.4) is 0 Å². The van der Waals surface area contributed by atoms with E-state index in [1.54, 1.807) is 0 Å². The van der Waals surface area contributed by atoms with Crippen LogP contribution in [0.2, 0.25) is 10.4 Å². The molecule has 0 saturated carbocycles. The second kappa shape index (κ2) is 5.20. The molecule has 1 fully saturated rings. The van der Waals surface area contributed by atoms with E-state index in [0.717, 1.165) is 0 Å². The van der Waals surface area contributed by atoms with E-state index in [2.05, 4.69) is 15.0 Å². The van der Waals surface area contributed by atoms with Crippen molar-refractivity contribution in [3.05, 3.63) is 10.4 Å². The monoisotopic (exact) mass is 335 g/mol. The molecule has 2 aromatic rings. The third-order valence-electron chi connectivity index (χ3n) is 3.24. The lowest BCUT2D eigenvalue weighted by atomic mass is 10.1. The van der Waals surface area contributed by atoms with Crippen LogP contribution in [0.4, 0.5) is 5.95 Å². The van der Waals surface area contributed by atoms with Crippen LogP contribution in [0.15, 0.2) is 0 Å². The van der Waals surface area contributed by atoms with Gasteiger partial charge in [-0.3, -0.25) is 4.57 Å². The number of halogens is 2. The average Bonchev–Trinajstić information content (AvgIpc) is 2.89. The number of aliphatic hydroxyl groups is 3. The maximum absolute atomic E-state index is 10.1. The van der Waals surface area contributed by atoms with E-state index in [-0.39, 0.29) is 27.5 Å². The fourth-order valence-corrected chi connectivity index (χ4v) is 2.72. The van der Waals surface area contributed by atoms with E-state index in [4.69, 9.17) is 38.8 Å². The lowest BCUT2D eigenvalue weighted by Crippen LogP contribution is -2.33. The highest BCUT2D eigenvalue weighted by molar-refractivity contribution is 6.34. The van der Waals surface area contributed by atoms with Gasteiger partial charge in [-0.15, -0.1) is 0 Å². The number of rotatable bonds is 2. The molecule has 1 aliphatic rings. The molecule has 4 atom stereocenters. The van der Waals surface area contributed by atoms with Gasteiger partial charge in [0.15, 0.2) is 17.0 Å². The maximum Gasteiger partial charge on any atom is 0.223 e. The Morgan fingerprint density at radius 1 is 1.19 bits per heavy atom. The summed E-state index contributed by atoms with van der Waals surface area (Å²) in [7, 11) is 0. The Morgan fingerprint density at radius 3 is 2.52 bits per heavy atom. The van der Waals surface area contributed by atoms with Gasteiger partial charge in [0.2, 0.25) is 11.2 Å². The molecule has 9 nitrogen and oxygen atoms in total. The van der Waals surface area contributed by atoms with Crippen LogP contribution in [0.25, 0.3) is 11.2 Å². The first-order chi connectivity index (χ1) is 9.93. The number of hydrogen-bond donors (Lipinski definition) is 4. The highest BCUT2D eigenvalue weighted by Gasteiger charge is 2.44. The molecule has 2 aromatic heterocycles. The Bertz CT molecular complexity index is 696. The van der Waals surface area contributed by atoms with E-state index in [9.17, 15) is 10.2 Å². The third-order valence-corrected chi connectivity index (χ3v) is 3.77. The molecule has 11 heteroatoms. The van der Waals surface area contributed by atoms with Gasteiger partial charge >= 0.3 is 0 Å². The van der Waals surface area contributed by atoms with Crippen LogP contribution in [0.5, 0.6) is 0 Å². The quantitative estimate of drug-likeness (QED) is 0.418. The SMILES string of the molecule is Nc1nc(Cl)c2nc(Cl)n([C@@H]3O[C@@H](CO)[C@H](O)[C@@H]3O)c2n1. The second-order valence-corrected chi connectivity index (χ2v) is 5.22. The minimum Gasteiger partial charge on any atom is -0.394 e. The molecule has 114 valence electrons. The van der Waals surface area contributed by atoms with E-state index < -0.39 is 31.1 Å². The molecule has 1 aliphatic heterocycles. The molecule has 21 heavy (non-hydrogen) atoms. The zero-order valence-corrected chi connectivity index (χ0v) is 11.9. The van der Waals surface area contributed by atoms with Gasteiger partial charge in [-0.2, -0.15) is 9.97 Å². The van der Waals surface area contributed by atoms with Crippen molar-refractivity contribution in [1.29, 1.82) is 0 Å². The first-order valence-corrected chi connectivity index (χ1v) is 6.68. The van der Waals surface area contributed by atoms with Gasteiger partial charge in [0.1, 0.15) is 23.8 Å². The van der Waals surface area contributed by atoms with Crippen LogP contribution >= 0.6 is 23.2 Å². The number of nitrogens with zero attached hydrogens (tertiary/aromatic N) is 4. The Hall–Kier alpha value is -1.23. The molecule has 5 N–H and O–H groups in total. The number of fused-ring (bicyclic) bond motifs is 1. The molecule has 0 bridgehead atoms. The van der Waals surface area contributed by atoms with Crippen LogP contribution < -0.4 is 5.73 Å². The molecule has 1 saturated heterocycles. The Labute approximate surface area is 127 Å². The summed E-state index contributed by atoms with van der Waals surface area (Å²) in [6, 6.07) is 0. The van der Waals surface area contributed by atoms with E-state index in [1.807, 2.05) is 0 Å². The number of anilines is 1. The summed E-state index contributed by atoms with van der Waals surface area (Å²) >= 11 is 11.9. The zero-order chi connectivity index (χ0) is 15.3. The van der Waals surface area contributed by atoms with Crippen molar-refractivity contribution in [1.82, 2.24) is 19.5 Å². The average molecular weight is 336 g/mol. The lowest BCUT2D eigenvalue weighted by molar-refractivity contribution is -0.0509. The van der Waals surface area contributed by atoms with Crippen molar-refractivity contribution in [2.24, 2.45) is 0 Å². The van der Waals surface area contributed by atoms with E-state index >= 15 is 0 Å². The lowest BCUT2D eigenvalue weighted by Gasteiger charge is -2.17. The first-order valence-electron chi connectivity index (χ1n) is 5.93. The fraction of sp³-hybridized carbons (Fsp3) is 0.500. The third kappa shape index (κ3) is 2.22. The number of hydrogen-bond acceptors (Lipinski definition) is 8. The molecule has 0 spiro atoms. The molecular formula is C10H11Cl2N5O4. The molecule has 0 radical (unpaired) electrons. The highest BCUT2D eigenvalue weighted by atomic mass is 35.5. The number of imidazole rings is 1. The van der Waals surface area contributed by atoms with Crippen molar-refractivity contribution >= 4 is 40.3 Å². The maximum atomic E-state index is 10.1. The summed E-state index contributed by atoms with van der Waals surface area (Å²) in [5, 5.41) is 28.9. The number of aliphatic hydroxyl groups excluding tert-OH is 3. The molecule has 0 aliphatic carbocycles. The first kappa shape index (κ1) is 14.7. The van der Waals surface area contributed by atoms with Crippen LogP contribution in [0, 0.1) is 0 Å². The van der Waals surface area contributed by atoms with Crippen molar-refractivity contribution in [2.75, 3.05) is 12.3 Å². The normalized spacial score (nSPS) is 29.4. The zero-order valence-electron chi connectivity index (χ0n) is 10.4. The van der Waals surface area contributed by atoms with Gasteiger partial charge in [-0.1, -0.05) is 11.6 Å². The smallest absolute Gasteiger partial charge is 0.223 e. The van der Waals surface area contributed by atoms with Gasteiger partial charge < -0.3 is 25.8 Å². The second-order valence-electron chi connectivity index (χ2n) is 4.52. The summed E-state index contributed by atoms with van der Waals surface area (Å²) in [4.78, 5) is 11.7. The van der Waals surface area contributed by atoms with Crippen LogP contribution in [-0.2, 0) is 4.74 Å². The fourth-order valence-electron chi connectivity index (χ4n) is 2.25. The standard InChI is InChI=1S/C10H11Cl2N5O4/c11-6-3-7(16-10(13)15-6)17(9(12)14-3)8-5(20)4(19)2(1-18)21-8/h2,4-5,8,18-20H,1H2,(H2,13,15,16)/t2-,4-,5-,8+/m0/s1. The van der Waals surface area contributed by atoms with Crippen molar-refractivity contribution in [3.8, 4) is 0 Å². The van der Waals surface area contributed by atoms with Gasteiger partial charge in [-0.25, -0.2) is 4.98 Å². The van der Waals surface area contributed by atoms with Crippen molar-refractivity contribution in [3.63, 3.8) is 0 Å². The van der Waals surface area contributed by atoms with Crippen molar-refractivity contribution in [2.45, 2.75) is 24.5 Å². The predicted octanol–water partition coefficient (Wildman–Crippen LogP) is -0.673. The molecule has 3 heterocycles. The molecule has 3 rings (SSSR count). The minimum absolute atomic E-state index is 0.00453. The van der Waals surface area contributed by atoms with E-state index in [0.29, 0.717) is 0 Å². The molecular weight excluding hydrogens is 325 g/mol. The number of aromatic nitrogens is 4. The summed E-state index contributed by atoms with van der Waals surface area (Å²) in [6.45, 7) is -0.461. The molecule has 0 unspecified atom stereocenters. The van der Waals surface area contributed by atoms with Gasteiger partial charge in [0.25, 0.3) is 0 Å². The predicted molar refractivity (Wildman–Crippen MR) is 72.8 cm³/mol. The minimum atomic E-state index is -1.33. The van der Waals surface area contributed by atoms with Crippen molar-refractivity contribution < 1.29 is 20.1 Å². The summed E-state index contributed by atoms with van der Waals surface area (Å²) in [6.07, 6.45) is -4.64. The molecule has 0 amide bonds. The van der Waals surface area contributed by atoms with Gasteiger partial charge in [-0.05, 0) is 11.6 Å². The molecule has 0 aromatic carbocycles. The van der Waals surface area contributed by atoms with E-state index in [1.165, 1.54) is 4.57 Å². The van der Waals surface area contributed by atoms with Crippen LogP contribution in [-0.4, -0.2) is 59.8 Å². The summed E-state index contributed by atoms with van der Waals surface area (Å²) < 4.78 is 6.63. The largest absolute Gasteiger partial charge is 0.394 e. The summed E-state index contributed by atoms with van der Waals surface area (Å²) in [5.41, 5.74) is 5.88. The Morgan fingerprint density at radius 2 is 1.90 bits per heavy atom. The highest BCUT2D eigenvalue weighted by Crippen LogP contribution is 2.35. The topological polar surface area (TPSA) is 140 Å². The van der Waals surface area contributed by atoms with Gasteiger partial charge in [0, 0.05) is 0 Å². The Balaban J connectivity index is 2.15. The van der Waals surface area contributed by atoms with Gasteiger partial charge in [0.05, 0.1) is 6.61 Å². The number of ether oxygens (including phenoxy) is 1. The van der Waals surface area contributed by atoms with Crippen LogP contribution in [0.1, 0.15) is 6.23 Å². The Kier molecular flexibility index (Phi) is 3.64. The number of nitrogen functional groups attached to an aromatic ring is 1. The number of nitrogens with two attached hydrogens (primary N) is 1. The summed E-state index contributed by atoms with van der Waals surface area (Å²) in [5.74, 6) is -0.0999.